The third kappa shape index (κ3) is 5.10. The zero-order valence-electron chi connectivity index (χ0n) is 15.6. The Labute approximate surface area is 174 Å². The first kappa shape index (κ1) is 20.8. The molecular formula is C20H19ClN4O3S. The molecule has 3 rings (SSSR count). The van der Waals surface area contributed by atoms with Crippen LogP contribution in [0.2, 0.25) is 5.02 Å². The molecule has 7 nitrogen and oxygen atoms in total. The van der Waals surface area contributed by atoms with Gasteiger partial charge in [-0.1, -0.05) is 35.9 Å². The lowest BCUT2D eigenvalue weighted by Gasteiger charge is -2.25. The van der Waals surface area contributed by atoms with Crippen LogP contribution in [0, 0.1) is 6.92 Å². The highest BCUT2D eigenvalue weighted by atomic mass is 35.5. The van der Waals surface area contributed by atoms with Crippen LogP contribution < -0.4 is 9.62 Å². The highest BCUT2D eigenvalue weighted by Crippen LogP contribution is 2.31. The van der Waals surface area contributed by atoms with Crippen molar-refractivity contribution in [3.05, 3.63) is 83.4 Å². The zero-order valence-corrected chi connectivity index (χ0v) is 17.2. The van der Waals surface area contributed by atoms with E-state index in [1.807, 2.05) is 6.92 Å². The van der Waals surface area contributed by atoms with Crippen LogP contribution in [0.1, 0.15) is 11.3 Å². The monoisotopic (exact) mass is 430 g/mol. The lowest BCUT2D eigenvalue weighted by molar-refractivity contribution is -0.119. The van der Waals surface area contributed by atoms with Gasteiger partial charge in [-0.2, -0.15) is 0 Å². The van der Waals surface area contributed by atoms with Crippen molar-refractivity contribution in [2.75, 3.05) is 10.8 Å². The maximum atomic E-state index is 13.3. The topological polar surface area (TPSA) is 92.3 Å². The lowest BCUT2D eigenvalue weighted by atomic mass is 10.2. The van der Waals surface area contributed by atoms with Crippen LogP contribution in [0.4, 0.5) is 5.69 Å². The minimum atomic E-state index is -4.01. The van der Waals surface area contributed by atoms with Crippen molar-refractivity contribution in [3.63, 3.8) is 0 Å². The molecule has 1 N–H and O–H groups in total. The molecular weight excluding hydrogens is 412 g/mol. The van der Waals surface area contributed by atoms with Crippen LogP contribution >= 0.6 is 11.6 Å². The van der Waals surface area contributed by atoms with Gasteiger partial charge in [0.15, 0.2) is 0 Å². The fourth-order valence-corrected chi connectivity index (χ4v) is 4.35. The second-order valence-electron chi connectivity index (χ2n) is 6.26. The number of hydrogen-bond acceptors (Lipinski definition) is 5. The molecule has 1 amide bonds. The van der Waals surface area contributed by atoms with Gasteiger partial charge in [0.1, 0.15) is 12.9 Å². The number of carbonyl (C=O) groups excluding carboxylic acids is 1. The SMILES string of the molecule is Cc1ccc(Cl)c(N(CC(=O)NCc2ccncn2)S(=O)(=O)c2ccccc2)c1. The van der Waals surface area contributed by atoms with Crippen LogP contribution in [0.5, 0.6) is 0 Å². The molecule has 9 heteroatoms. The van der Waals surface area contributed by atoms with E-state index in [-0.39, 0.29) is 22.2 Å². The molecule has 0 aliphatic carbocycles. The first-order valence-corrected chi connectivity index (χ1v) is 10.6. The minimum absolute atomic E-state index is 0.0705. The van der Waals surface area contributed by atoms with Crippen molar-refractivity contribution in [1.29, 1.82) is 0 Å². The fourth-order valence-electron chi connectivity index (χ4n) is 2.63. The van der Waals surface area contributed by atoms with E-state index in [0.717, 1.165) is 9.87 Å². The smallest absolute Gasteiger partial charge is 0.264 e. The third-order valence-electron chi connectivity index (χ3n) is 4.10. The Kier molecular flexibility index (Phi) is 6.46. The average molecular weight is 431 g/mol. The van der Waals surface area contributed by atoms with E-state index in [2.05, 4.69) is 15.3 Å². The predicted molar refractivity (Wildman–Crippen MR) is 111 cm³/mol. The van der Waals surface area contributed by atoms with Gasteiger partial charge in [0.05, 0.1) is 27.8 Å². The van der Waals surface area contributed by atoms with E-state index < -0.39 is 22.5 Å². The maximum Gasteiger partial charge on any atom is 0.264 e. The van der Waals surface area contributed by atoms with Crippen molar-refractivity contribution in [2.45, 2.75) is 18.4 Å². The van der Waals surface area contributed by atoms with Gasteiger partial charge in [-0.3, -0.25) is 9.10 Å². The average Bonchev–Trinajstić information content (AvgIpc) is 2.73. The molecule has 0 fully saturated rings. The molecule has 0 spiro atoms. The summed E-state index contributed by atoms with van der Waals surface area (Å²) in [7, 11) is -4.01. The first-order valence-electron chi connectivity index (χ1n) is 8.73. The molecule has 0 aliphatic rings. The summed E-state index contributed by atoms with van der Waals surface area (Å²) in [6, 6.07) is 14.6. The number of carbonyl (C=O) groups is 1. The number of aryl methyl sites for hydroxylation is 1. The Morgan fingerprint density at radius 2 is 1.90 bits per heavy atom. The molecule has 3 aromatic rings. The number of hydrogen-bond donors (Lipinski definition) is 1. The normalized spacial score (nSPS) is 11.1. The molecule has 2 aromatic carbocycles. The Morgan fingerprint density at radius 3 is 2.59 bits per heavy atom. The summed E-state index contributed by atoms with van der Waals surface area (Å²) in [6.45, 7) is 1.55. The van der Waals surface area contributed by atoms with Crippen molar-refractivity contribution >= 4 is 33.2 Å². The Bertz CT molecular complexity index is 1090. The quantitative estimate of drug-likeness (QED) is 0.622. The van der Waals surface area contributed by atoms with E-state index in [1.54, 1.807) is 48.7 Å². The highest BCUT2D eigenvalue weighted by molar-refractivity contribution is 7.92. The van der Waals surface area contributed by atoms with Gasteiger partial charge >= 0.3 is 0 Å². The van der Waals surface area contributed by atoms with Crippen LogP contribution in [-0.4, -0.2) is 30.8 Å². The van der Waals surface area contributed by atoms with Crippen LogP contribution in [-0.2, 0) is 21.4 Å². The van der Waals surface area contributed by atoms with E-state index >= 15 is 0 Å². The largest absolute Gasteiger partial charge is 0.349 e. The summed E-state index contributed by atoms with van der Waals surface area (Å²) >= 11 is 6.29. The molecule has 0 unspecified atom stereocenters. The van der Waals surface area contributed by atoms with E-state index in [0.29, 0.717) is 5.69 Å². The van der Waals surface area contributed by atoms with Crippen molar-refractivity contribution < 1.29 is 13.2 Å². The summed E-state index contributed by atoms with van der Waals surface area (Å²) < 4.78 is 27.6. The number of aromatic nitrogens is 2. The van der Waals surface area contributed by atoms with Gasteiger partial charge in [0.25, 0.3) is 10.0 Å². The summed E-state index contributed by atoms with van der Waals surface area (Å²) in [5.41, 5.74) is 1.67. The second kappa shape index (κ2) is 9.02. The minimum Gasteiger partial charge on any atom is -0.349 e. The highest BCUT2D eigenvalue weighted by Gasteiger charge is 2.28. The summed E-state index contributed by atoms with van der Waals surface area (Å²) in [4.78, 5) is 20.5. The molecule has 29 heavy (non-hydrogen) atoms. The van der Waals surface area contributed by atoms with Gasteiger partial charge in [0.2, 0.25) is 5.91 Å². The van der Waals surface area contributed by atoms with Crippen molar-refractivity contribution in [2.24, 2.45) is 0 Å². The Hall–Kier alpha value is -2.97. The van der Waals surface area contributed by atoms with E-state index in [4.69, 9.17) is 11.6 Å². The van der Waals surface area contributed by atoms with E-state index in [9.17, 15) is 13.2 Å². The zero-order chi connectivity index (χ0) is 20.9. The van der Waals surface area contributed by atoms with Gasteiger partial charge in [-0.05, 0) is 42.8 Å². The number of amides is 1. The van der Waals surface area contributed by atoms with Crippen molar-refractivity contribution in [1.82, 2.24) is 15.3 Å². The Morgan fingerprint density at radius 1 is 1.14 bits per heavy atom. The number of sulfonamides is 1. The lowest BCUT2D eigenvalue weighted by Crippen LogP contribution is -2.41. The van der Waals surface area contributed by atoms with Gasteiger partial charge in [0, 0.05) is 6.20 Å². The van der Waals surface area contributed by atoms with Gasteiger partial charge < -0.3 is 5.32 Å². The maximum absolute atomic E-state index is 13.3. The van der Waals surface area contributed by atoms with Gasteiger partial charge in [-0.15, -0.1) is 0 Å². The molecule has 150 valence electrons. The third-order valence-corrected chi connectivity index (χ3v) is 6.19. The number of nitrogens with one attached hydrogen (secondary N) is 1. The Balaban J connectivity index is 1.91. The van der Waals surface area contributed by atoms with E-state index in [1.165, 1.54) is 18.5 Å². The molecule has 1 aromatic heterocycles. The first-order chi connectivity index (χ1) is 13.9. The number of nitrogens with zero attached hydrogens (tertiary/aromatic N) is 3. The standard InChI is InChI=1S/C20H19ClN4O3S/c1-15-7-8-18(21)19(11-15)25(29(27,28)17-5-3-2-4-6-17)13-20(26)23-12-16-9-10-22-14-24-16/h2-11,14H,12-13H2,1H3,(H,23,26). The van der Waals surface area contributed by atoms with Crippen LogP contribution in [0.3, 0.4) is 0 Å². The summed E-state index contributed by atoms with van der Waals surface area (Å²) in [6.07, 6.45) is 2.94. The number of halogens is 1. The summed E-state index contributed by atoms with van der Waals surface area (Å²) in [5, 5.41) is 2.91. The molecule has 0 saturated heterocycles. The second-order valence-corrected chi connectivity index (χ2v) is 8.53. The molecule has 0 saturated carbocycles. The fraction of sp³-hybridized carbons (Fsp3) is 0.150. The molecule has 0 radical (unpaired) electrons. The number of benzene rings is 2. The molecule has 1 heterocycles. The number of anilines is 1. The van der Waals surface area contributed by atoms with Crippen molar-refractivity contribution in [3.8, 4) is 0 Å². The predicted octanol–water partition coefficient (Wildman–Crippen LogP) is 2.95. The summed E-state index contributed by atoms with van der Waals surface area (Å²) in [5.74, 6) is -0.485. The molecule has 0 bridgehead atoms. The van der Waals surface area contributed by atoms with Gasteiger partial charge in [-0.25, -0.2) is 18.4 Å². The van der Waals surface area contributed by atoms with Crippen LogP contribution in [0.15, 0.2) is 72.0 Å². The number of rotatable bonds is 7. The molecule has 0 aliphatic heterocycles. The van der Waals surface area contributed by atoms with Crippen LogP contribution in [0.25, 0.3) is 0 Å². The molecule has 0 atom stereocenters.